The van der Waals surface area contributed by atoms with Crippen molar-refractivity contribution >= 4 is 33.2 Å². The standard InChI is InChI=1S/C50H49N4O.Pt/c1-34(2)25-35-21-22-51-48(26-35)54-46-20-17-37(36-13-10-9-11-14-36)27-45(46)44-19-18-43(32-47(44)54)55-42-16-12-15-40(31-42)52-23-24-53(33-52)41-29-38(49(3,4)5)28-39(30-41)50(6,7)8;/h9-24,26-30,33-34H,25H2,1-8H3;/q-3;. The van der Waals surface area contributed by atoms with Gasteiger partial charge in [-0.15, -0.1) is 48.1 Å². The van der Waals surface area contributed by atoms with E-state index in [4.69, 9.17) is 9.72 Å². The fourth-order valence-electron chi connectivity index (χ4n) is 7.25. The Kier molecular flexibility index (Phi) is 10.8. The van der Waals surface area contributed by atoms with Crippen LogP contribution in [0.25, 0.3) is 38.8 Å². The molecule has 0 fully saturated rings. The first-order valence-corrected chi connectivity index (χ1v) is 19.3. The summed E-state index contributed by atoms with van der Waals surface area (Å²) in [5.41, 5.74) is 10.3. The molecule has 1 aliphatic rings. The van der Waals surface area contributed by atoms with E-state index in [0.29, 0.717) is 17.4 Å². The Labute approximate surface area is 346 Å². The fourth-order valence-corrected chi connectivity index (χ4v) is 7.25. The van der Waals surface area contributed by atoms with Crippen LogP contribution in [0, 0.1) is 24.7 Å². The van der Waals surface area contributed by atoms with Crippen LogP contribution >= 0.6 is 0 Å². The van der Waals surface area contributed by atoms with E-state index in [0.717, 1.165) is 45.4 Å². The van der Waals surface area contributed by atoms with Crippen LogP contribution in [0.15, 0.2) is 128 Å². The van der Waals surface area contributed by atoms with Crippen LogP contribution < -0.4 is 14.5 Å². The van der Waals surface area contributed by atoms with Gasteiger partial charge in [-0.05, 0) is 99.1 Å². The fraction of sp³-hybridized carbons (Fsp3) is 0.240. The summed E-state index contributed by atoms with van der Waals surface area (Å²) in [6.07, 6.45) is 7.07. The quantitative estimate of drug-likeness (QED) is 0.142. The minimum Gasteiger partial charge on any atom is -0.509 e. The van der Waals surface area contributed by atoms with Gasteiger partial charge in [0.2, 0.25) is 0 Å². The monoisotopic (exact) mass is 916 g/mol. The van der Waals surface area contributed by atoms with Gasteiger partial charge >= 0.3 is 0 Å². The summed E-state index contributed by atoms with van der Waals surface area (Å²) < 4.78 is 8.75. The molecule has 288 valence electrons. The van der Waals surface area contributed by atoms with Gasteiger partial charge in [0.15, 0.2) is 0 Å². The minimum absolute atomic E-state index is 0. The number of fused-ring (bicyclic) bond motifs is 3. The van der Waals surface area contributed by atoms with Crippen molar-refractivity contribution in [1.82, 2.24) is 9.55 Å². The molecule has 6 heteroatoms. The molecule has 7 aromatic rings. The van der Waals surface area contributed by atoms with E-state index in [9.17, 15) is 0 Å². The number of hydrogen-bond donors (Lipinski definition) is 0. The average Bonchev–Trinajstić information content (AvgIpc) is 3.78. The molecule has 0 radical (unpaired) electrons. The van der Waals surface area contributed by atoms with Crippen molar-refractivity contribution in [3.8, 4) is 28.4 Å². The van der Waals surface area contributed by atoms with Crippen molar-refractivity contribution in [2.45, 2.75) is 72.6 Å². The molecular formula is C50H49N4OPt-3. The zero-order valence-corrected chi connectivity index (χ0v) is 35.8. The molecule has 0 spiro atoms. The number of anilines is 2. The Morgan fingerprint density at radius 3 is 2.11 bits per heavy atom. The normalized spacial score (nSPS) is 13.2. The molecule has 5 nitrogen and oxygen atoms in total. The molecule has 5 aromatic carbocycles. The number of nitrogens with zero attached hydrogens (tertiary/aromatic N) is 4. The Hall–Kier alpha value is -5.12. The molecule has 0 N–H and O–H groups in total. The molecule has 2 aromatic heterocycles. The number of ether oxygens (including phenoxy) is 1. The van der Waals surface area contributed by atoms with Gasteiger partial charge in [-0.3, -0.25) is 0 Å². The molecule has 3 heterocycles. The molecule has 0 bridgehead atoms. The zero-order chi connectivity index (χ0) is 38.5. The molecule has 0 aliphatic carbocycles. The van der Waals surface area contributed by atoms with E-state index >= 15 is 0 Å². The van der Waals surface area contributed by atoms with Crippen LogP contribution in [0.1, 0.15) is 72.1 Å². The van der Waals surface area contributed by atoms with Gasteiger partial charge in [-0.25, -0.2) is 4.98 Å². The van der Waals surface area contributed by atoms with Gasteiger partial charge in [0, 0.05) is 50.0 Å². The summed E-state index contributed by atoms with van der Waals surface area (Å²) in [7, 11) is 0. The van der Waals surface area contributed by atoms with E-state index in [2.05, 4.69) is 186 Å². The van der Waals surface area contributed by atoms with Gasteiger partial charge in [-0.2, -0.15) is 12.1 Å². The van der Waals surface area contributed by atoms with Crippen LogP contribution in [-0.2, 0) is 38.3 Å². The zero-order valence-electron chi connectivity index (χ0n) is 33.5. The van der Waals surface area contributed by atoms with Gasteiger partial charge in [0.1, 0.15) is 5.82 Å². The smallest absolute Gasteiger partial charge is 0.135 e. The second-order valence-corrected chi connectivity index (χ2v) is 17.1. The number of aromatic nitrogens is 2. The van der Waals surface area contributed by atoms with Gasteiger partial charge in [0.25, 0.3) is 0 Å². The average molecular weight is 917 g/mol. The van der Waals surface area contributed by atoms with Crippen molar-refractivity contribution < 1.29 is 25.8 Å². The van der Waals surface area contributed by atoms with Gasteiger partial charge in [-0.1, -0.05) is 109 Å². The first-order chi connectivity index (χ1) is 26.3. The molecule has 56 heavy (non-hydrogen) atoms. The van der Waals surface area contributed by atoms with Crippen LogP contribution in [0.3, 0.4) is 0 Å². The van der Waals surface area contributed by atoms with E-state index < -0.39 is 0 Å². The Bertz CT molecular complexity index is 2510. The summed E-state index contributed by atoms with van der Waals surface area (Å²) in [6, 6.07) is 45.8. The number of rotatable bonds is 8. The third-order valence-electron chi connectivity index (χ3n) is 10.3. The maximum absolute atomic E-state index is 6.54. The predicted molar refractivity (Wildman–Crippen MR) is 229 cm³/mol. The van der Waals surface area contributed by atoms with Crippen molar-refractivity contribution in [3.63, 3.8) is 0 Å². The van der Waals surface area contributed by atoms with E-state index in [1.54, 1.807) is 0 Å². The number of benzene rings is 5. The molecular weight excluding hydrogens is 868 g/mol. The van der Waals surface area contributed by atoms with E-state index in [-0.39, 0.29) is 31.9 Å². The Balaban J connectivity index is 0.00000480. The Morgan fingerprint density at radius 2 is 1.39 bits per heavy atom. The van der Waals surface area contributed by atoms with Crippen molar-refractivity contribution in [3.05, 3.63) is 163 Å². The first kappa shape index (κ1) is 39.1. The summed E-state index contributed by atoms with van der Waals surface area (Å²) in [4.78, 5) is 9.14. The summed E-state index contributed by atoms with van der Waals surface area (Å²) in [6.45, 7) is 20.2. The third kappa shape index (κ3) is 8.06. The topological polar surface area (TPSA) is 33.5 Å². The summed E-state index contributed by atoms with van der Waals surface area (Å²) >= 11 is 0. The first-order valence-electron chi connectivity index (χ1n) is 19.3. The Morgan fingerprint density at radius 1 is 0.679 bits per heavy atom. The summed E-state index contributed by atoms with van der Waals surface area (Å²) in [5.74, 6) is 2.64. The maximum Gasteiger partial charge on any atom is 0.135 e. The minimum atomic E-state index is 0. The molecule has 0 atom stereocenters. The third-order valence-corrected chi connectivity index (χ3v) is 10.3. The molecule has 0 unspecified atom stereocenters. The molecule has 0 saturated carbocycles. The van der Waals surface area contributed by atoms with Crippen LogP contribution in [0.5, 0.6) is 11.5 Å². The molecule has 8 rings (SSSR count). The van der Waals surface area contributed by atoms with E-state index in [1.165, 1.54) is 27.8 Å². The van der Waals surface area contributed by atoms with E-state index in [1.807, 2.05) is 30.5 Å². The molecule has 0 saturated heterocycles. The van der Waals surface area contributed by atoms with Gasteiger partial charge in [0.05, 0.1) is 0 Å². The number of hydrogen-bond acceptors (Lipinski definition) is 4. The SMILES string of the molecule is CC(C)Cc1ccnc(-n2c3[c-]c(Oc4[c-]c(N5C=CN(c6cc(C(C)(C)C)cc(C(C)(C)C)c6)[CH-]5)ccc4)ccc3c3cc(-c4ccccc4)ccc32)c1.[Pt]. The van der Waals surface area contributed by atoms with Crippen LogP contribution in [0.4, 0.5) is 11.4 Å². The molecule has 1 aliphatic heterocycles. The molecule has 0 amide bonds. The summed E-state index contributed by atoms with van der Waals surface area (Å²) in [5, 5.41) is 2.24. The largest absolute Gasteiger partial charge is 0.509 e. The predicted octanol–water partition coefficient (Wildman–Crippen LogP) is 12.9. The second kappa shape index (κ2) is 15.4. The van der Waals surface area contributed by atoms with Crippen LogP contribution in [-0.4, -0.2) is 9.55 Å². The van der Waals surface area contributed by atoms with Gasteiger partial charge < -0.3 is 19.1 Å². The van der Waals surface area contributed by atoms with Crippen LogP contribution in [0.2, 0.25) is 0 Å². The van der Waals surface area contributed by atoms with Crippen molar-refractivity contribution in [2.75, 3.05) is 9.80 Å². The maximum atomic E-state index is 6.54. The van der Waals surface area contributed by atoms with Crippen molar-refractivity contribution in [1.29, 1.82) is 0 Å². The van der Waals surface area contributed by atoms with Crippen molar-refractivity contribution in [2.24, 2.45) is 5.92 Å². The number of pyridine rings is 1. The second-order valence-electron chi connectivity index (χ2n) is 17.1.